The lowest BCUT2D eigenvalue weighted by Gasteiger charge is -1.99. The molecule has 3 rings (SSSR count). The van der Waals surface area contributed by atoms with Gasteiger partial charge in [0.25, 0.3) is 0 Å². The second kappa shape index (κ2) is 7.86. The van der Waals surface area contributed by atoms with Gasteiger partial charge in [-0.2, -0.15) is 0 Å². The molecule has 3 aromatic rings. The van der Waals surface area contributed by atoms with E-state index in [0.29, 0.717) is 11.6 Å². The van der Waals surface area contributed by atoms with Crippen LogP contribution in [-0.4, -0.2) is 15.9 Å². The van der Waals surface area contributed by atoms with Crippen LogP contribution in [0.5, 0.6) is 0 Å². The van der Waals surface area contributed by atoms with Crippen LogP contribution in [0.1, 0.15) is 11.3 Å². The highest BCUT2D eigenvalue weighted by atomic mass is 35.5. The second-order valence-electron chi connectivity index (χ2n) is 4.99. The lowest BCUT2D eigenvalue weighted by Crippen LogP contribution is -2.20. The summed E-state index contributed by atoms with van der Waals surface area (Å²) in [6.07, 6.45) is 6.74. The van der Waals surface area contributed by atoms with Crippen molar-refractivity contribution in [2.75, 3.05) is 0 Å². The van der Waals surface area contributed by atoms with Crippen LogP contribution in [0.15, 0.2) is 60.2 Å². The summed E-state index contributed by atoms with van der Waals surface area (Å²) in [5, 5.41) is 6.32. The number of carbonyl (C=O) groups excluding carboxylic acids is 1. The van der Waals surface area contributed by atoms with Crippen molar-refractivity contribution in [2.45, 2.75) is 6.54 Å². The summed E-state index contributed by atoms with van der Waals surface area (Å²) in [6.45, 7) is 0.389. The van der Waals surface area contributed by atoms with Gasteiger partial charge in [-0.1, -0.05) is 23.7 Å². The van der Waals surface area contributed by atoms with Gasteiger partial charge in [-0.3, -0.25) is 9.78 Å². The lowest BCUT2D eigenvalue weighted by atomic mass is 10.2. The molecule has 0 bridgehead atoms. The molecule has 1 aromatic carbocycles. The average Bonchev–Trinajstić information content (AvgIpc) is 3.09. The molecule has 6 heteroatoms. The highest BCUT2D eigenvalue weighted by molar-refractivity contribution is 7.13. The third-order valence-electron chi connectivity index (χ3n) is 3.20. The number of nitrogens with zero attached hydrogens (tertiary/aromatic N) is 2. The van der Waals surface area contributed by atoms with E-state index in [4.69, 9.17) is 11.6 Å². The fourth-order valence-electron chi connectivity index (χ4n) is 1.99. The molecule has 0 aliphatic carbocycles. The van der Waals surface area contributed by atoms with Crippen LogP contribution < -0.4 is 5.32 Å². The predicted octanol–water partition coefficient (Wildman–Crippen LogP) is 4.19. The summed E-state index contributed by atoms with van der Waals surface area (Å²) in [4.78, 5) is 20.5. The molecule has 120 valence electrons. The Kier molecular flexibility index (Phi) is 5.36. The molecule has 0 aliphatic heterocycles. The van der Waals surface area contributed by atoms with E-state index in [1.807, 2.05) is 29.6 Å². The summed E-state index contributed by atoms with van der Waals surface area (Å²) in [5.74, 6) is -0.166. The molecule has 2 aromatic heterocycles. The fourth-order valence-corrected chi connectivity index (χ4v) is 2.93. The summed E-state index contributed by atoms with van der Waals surface area (Å²) in [7, 11) is 0. The maximum atomic E-state index is 11.9. The Morgan fingerprint density at radius 1 is 1.25 bits per heavy atom. The molecule has 0 radical (unpaired) electrons. The Labute approximate surface area is 148 Å². The molecule has 0 spiro atoms. The number of hydrogen-bond donors (Lipinski definition) is 1. The SMILES string of the molecule is O=C(/C=C/c1ccc(Cl)cc1)NCc1csc(-c2cccnc2)n1. The number of nitrogens with one attached hydrogen (secondary N) is 1. The van der Waals surface area contributed by atoms with Gasteiger partial charge in [0.1, 0.15) is 5.01 Å². The molecular formula is C18H14ClN3OS. The van der Waals surface area contributed by atoms with Crippen molar-refractivity contribution in [3.63, 3.8) is 0 Å². The number of hydrogen-bond acceptors (Lipinski definition) is 4. The maximum absolute atomic E-state index is 11.9. The first-order valence-electron chi connectivity index (χ1n) is 7.27. The van der Waals surface area contributed by atoms with E-state index in [2.05, 4.69) is 15.3 Å². The Balaban J connectivity index is 1.55. The van der Waals surface area contributed by atoms with Crippen molar-refractivity contribution >= 4 is 34.9 Å². The van der Waals surface area contributed by atoms with Gasteiger partial charge in [-0.15, -0.1) is 11.3 Å². The molecule has 1 amide bonds. The summed E-state index contributed by atoms with van der Waals surface area (Å²) in [5.41, 5.74) is 2.72. The molecule has 0 saturated heterocycles. The Morgan fingerprint density at radius 2 is 2.08 bits per heavy atom. The van der Waals surface area contributed by atoms with Crippen molar-refractivity contribution in [1.29, 1.82) is 0 Å². The van der Waals surface area contributed by atoms with E-state index in [1.165, 1.54) is 17.4 Å². The largest absolute Gasteiger partial charge is 0.347 e. The quantitative estimate of drug-likeness (QED) is 0.698. The molecule has 0 saturated carbocycles. The monoisotopic (exact) mass is 355 g/mol. The second-order valence-corrected chi connectivity index (χ2v) is 6.28. The number of carbonyl (C=O) groups is 1. The fraction of sp³-hybridized carbons (Fsp3) is 0.0556. The van der Waals surface area contributed by atoms with Crippen LogP contribution >= 0.6 is 22.9 Å². The summed E-state index contributed by atoms with van der Waals surface area (Å²) >= 11 is 7.36. The van der Waals surface area contributed by atoms with E-state index in [0.717, 1.165) is 21.8 Å². The minimum Gasteiger partial charge on any atom is -0.347 e. The van der Waals surface area contributed by atoms with Gasteiger partial charge in [0, 0.05) is 34.4 Å². The first kappa shape index (κ1) is 16.4. The minimum absolute atomic E-state index is 0.166. The summed E-state index contributed by atoms with van der Waals surface area (Å²) in [6, 6.07) is 11.1. The molecule has 24 heavy (non-hydrogen) atoms. The maximum Gasteiger partial charge on any atom is 0.244 e. The summed E-state index contributed by atoms with van der Waals surface area (Å²) < 4.78 is 0. The van der Waals surface area contributed by atoms with Crippen LogP contribution in [0.25, 0.3) is 16.6 Å². The van der Waals surface area contributed by atoms with Crippen LogP contribution in [0.3, 0.4) is 0 Å². The number of thiazole rings is 1. The first-order chi connectivity index (χ1) is 11.7. The molecule has 2 heterocycles. The van der Waals surface area contributed by atoms with Gasteiger partial charge in [-0.05, 0) is 35.9 Å². The molecule has 0 fully saturated rings. The lowest BCUT2D eigenvalue weighted by molar-refractivity contribution is -0.116. The highest BCUT2D eigenvalue weighted by Crippen LogP contribution is 2.22. The normalized spacial score (nSPS) is 10.9. The third kappa shape index (κ3) is 4.50. The van der Waals surface area contributed by atoms with Gasteiger partial charge in [0.2, 0.25) is 5.91 Å². The molecule has 0 unspecified atom stereocenters. The number of amides is 1. The van der Waals surface area contributed by atoms with Crippen LogP contribution in [-0.2, 0) is 11.3 Å². The van der Waals surface area contributed by atoms with E-state index < -0.39 is 0 Å². The zero-order valence-electron chi connectivity index (χ0n) is 12.6. The standard InChI is InChI=1S/C18H14ClN3OS/c19-15-6-3-13(4-7-15)5-8-17(23)21-11-16-12-24-18(22-16)14-2-1-9-20-10-14/h1-10,12H,11H2,(H,21,23)/b8-5+. The van der Waals surface area contributed by atoms with Crippen molar-refractivity contribution in [3.8, 4) is 10.6 Å². The zero-order chi connectivity index (χ0) is 16.8. The van der Waals surface area contributed by atoms with E-state index >= 15 is 0 Å². The number of halogens is 1. The molecule has 1 N–H and O–H groups in total. The van der Waals surface area contributed by atoms with E-state index in [1.54, 1.807) is 30.6 Å². The van der Waals surface area contributed by atoms with Crippen molar-refractivity contribution < 1.29 is 4.79 Å². The zero-order valence-corrected chi connectivity index (χ0v) is 14.2. The molecule has 4 nitrogen and oxygen atoms in total. The molecule has 0 aliphatic rings. The number of pyridine rings is 1. The average molecular weight is 356 g/mol. The number of benzene rings is 1. The van der Waals surface area contributed by atoms with Crippen molar-refractivity contribution in [1.82, 2.24) is 15.3 Å². The topological polar surface area (TPSA) is 54.9 Å². The molecule has 0 atom stereocenters. The predicted molar refractivity (Wildman–Crippen MR) is 97.7 cm³/mol. The van der Waals surface area contributed by atoms with Gasteiger partial charge >= 0.3 is 0 Å². The van der Waals surface area contributed by atoms with Crippen LogP contribution in [0, 0.1) is 0 Å². The van der Waals surface area contributed by atoms with Gasteiger partial charge in [0.05, 0.1) is 12.2 Å². The van der Waals surface area contributed by atoms with Crippen LogP contribution in [0.4, 0.5) is 0 Å². The first-order valence-corrected chi connectivity index (χ1v) is 8.53. The van der Waals surface area contributed by atoms with Crippen molar-refractivity contribution in [3.05, 3.63) is 76.5 Å². The van der Waals surface area contributed by atoms with E-state index in [9.17, 15) is 4.79 Å². The van der Waals surface area contributed by atoms with Crippen LogP contribution in [0.2, 0.25) is 5.02 Å². The third-order valence-corrected chi connectivity index (χ3v) is 4.39. The Hall–Kier alpha value is -2.50. The molecular weight excluding hydrogens is 342 g/mol. The number of aromatic nitrogens is 2. The van der Waals surface area contributed by atoms with Gasteiger partial charge in [-0.25, -0.2) is 4.98 Å². The van der Waals surface area contributed by atoms with Gasteiger partial charge < -0.3 is 5.32 Å². The van der Waals surface area contributed by atoms with Gasteiger partial charge in [0.15, 0.2) is 0 Å². The Morgan fingerprint density at radius 3 is 2.83 bits per heavy atom. The smallest absolute Gasteiger partial charge is 0.244 e. The minimum atomic E-state index is -0.166. The van der Waals surface area contributed by atoms with E-state index in [-0.39, 0.29) is 5.91 Å². The van der Waals surface area contributed by atoms with Crippen molar-refractivity contribution in [2.24, 2.45) is 0 Å². The highest BCUT2D eigenvalue weighted by Gasteiger charge is 2.05. The number of rotatable bonds is 5. The Bertz CT molecular complexity index is 844.